The molecular formula is C11H16O2. The molecule has 0 saturated heterocycles. The van der Waals surface area contributed by atoms with E-state index in [9.17, 15) is 4.79 Å². The minimum atomic E-state index is -0.778. The van der Waals surface area contributed by atoms with Gasteiger partial charge in [-0.25, -0.2) is 0 Å². The summed E-state index contributed by atoms with van der Waals surface area (Å²) in [6.45, 7) is 5.91. The van der Waals surface area contributed by atoms with E-state index in [0.717, 1.165) is 11.1 Å². The van der Waals surface area contributed by atoms with Crippen LogP contribution in [-0.2, 0) is 11.2 Å². The first-order valence-electron chi connectivity index (χ1n) is 4.46. The van der Waals surface area contributed by atoms with E-state index in [4.69, 9.17) is 5.11 Å². The van der Waals surface area contributed by atoms with Crippen LogP contribution < -0.4 is 0 Å². The van der Waals surface area contributed by atoms with Crippen LogP contribution in [0.3, 0.4) is 0 Å². The summed E-state index contributed by atoms with van der Waals surface area (Å²) in [4.78, 5) is 10.3. The number of aryl methyl sites for hydroxylation is 1. The molecule has 0 fully saturated rings. The Balaban J connectivity index is 0.000000671. The Kier molecular flexibility index (Phi) is 5.60. The van der Waals surface area contributed by atoms with Crippen LogP contribution in [0.2, 0.25) is 0 Å². The number of aliphatic carboxylic acids is 1. The number of carboxylic acid groups (broad SMARTS) is 1. The number of hydrogen-bond acceptors (Lipinski definition) is 1. The van der Waals surface area contributed by atoms with Crippen LogP contribution in [-0.4, -0.2) is 11.1 Å². The van der Waals surface area contributed by atoms with Crippen LogP contribution in [0.4, 0.5) is 0 Å². The zero-order valence-electron chi connectivity index (χ0n) is 8.37. The lowest BCUT2D eigenvalue weighted by Crippen LogP contribution is -2.01. The van der Waals surface area contributed by atoms with E-state index in [1.54, 1.807) is 0 Å². The van der Waals surface area contributed by atoms with Crippen LogP contribution in [0.25, 0.3) is 0 Å². The van der Waals surface area contributed by atoms with Crippen molar-refractivity contribution in [1.29, 1.82) is 0 Å². The van der Waals surface area contributed by atoms with Gasteiger partial charge in [-0.15, -0.1) is 0 Å². The van der Waals surface area contributed by atoms with Gasteiger partial charge in [0.1, 0.15) is 0 Å². The molecule has 0 aliphatic carbocycles. The zero-order chi connectivity index (χ0) is 10.3. The van der Waals surface area contributed by atoms with Gasteiger partial charge in [-0.05, 0) is 18.1 Å². The Morgan fingerprint density at radius 3 is 2.31 bits per heavy atom. The summed E-state index contributed by atoms with van der Waals surface area (Å²) in [5.74, 6) is -0.778. The standard InChI is InChI=1S/C9H10O2.C2H6/c1-7-4-2-3-5-8(7)6-9(10)11;1-2/h2-5H,6H2,1H3,(H,10,11);1-2H3. The first-order valence-corrected chi connectivity index (χ1v) is 4.46. The molecule has 1 N–H and O–H groups in total. The second-order valence-corrected chi connectivity index (χ2v) is 2.50. The molecule has 0 aliphatic rings. The summed E-state index contributed by atoms with van der Waals surface area (Å²) < 4.78 is 0. The van der Waals surface area contributed by atoms with Crippen LogP contribution in [0.15, 0.2) is 24.3 Å². The summed E-state index contributed by atoms with van der Waals surface area (Å²) in [6, 6.07) is 7.51. The number of carboxylic acids is 1. The molecule has 0 amide bonds. The average Bonchev–Trinajstić information content (AvgIpc) is 2.12. The minimum Gasteiger partial charge on any atom is -0.481 e. The summed E-state index contributed by atoms with van der Waals surface area (Å²) >= 11 is 0. The fourth-order valence-electron chi connectivity index (χ4n) is 0.971. The Morgan fingerprint density at radius 1 is 1.31 bits per heavy atom. The van der Waals surface area contributed by atoms with Crippen molar-refractivity contribution in [2.45, 2.75) is 27.2 Å². The van der Waals surface area contributed by atoms with Crippen LogP contribution in [0.5, 0.6) is 0 Å². The molecular weight excluding hydrogens is 164 g/mol. The van der Waals surface area contributed by atoms with Gasteiger partial charge in [0.15, 0.2) is 0 Å². The van der Waals surface area contributed by atoms with Crippen molar-refractivity contribution in [3.8, 4) is 0 Å². The number of rotatable bonds is 2. The molecule has 1 aromatic rings. The Labute approximate surface area is 79.2 Å². The zero-order valence-corrected chi connectivity index (χ0v) is 8.37. The normalized spacial score (nSPS) is 8.54. The first-order chi connectivity index (χ1) is 6.20. The van der Waals surface area contributed by atoms with Gasteiger partial charge < -0.3 is 5.11 Å². The van der Waals surface area contributed by atoms with Crippen molar-refractivity contribution >= 4 is 5.97 Å². The summed E-state index contributed by atoms with van der Waals surface area (Å²) in [7, 11) is 0. The number of benzene rings is 1. The smallest absolute Gasteiger partial charge is 0.307 e. The number of hydrogen-bond donors (Lipinski definition) is 1. The molecule has 0 unspecified atom stereocenters. The summed E-state index contributed by atoms with van der Waals surface area (Å²) in [5, 5.41) is 8.49. The van der Waals surface area contributed by atoms with E-state index in [1.165, 1.54) is 0 Å². The van der Waals surface area contributed by atoms with E-state index in [2.05, 4.69) is 0 Å². The first kappa shape index (κ1) is 11.7. The highest BCUT2D eigenvalue weighted by molar-refractivity contribution is 5.70. The molecule has 0 aliphatic heterocycles. The maximum atomic E-state index is 10.3. The Morgan fingerprint density at radius 2 is 1.85 bits per heavy atom. The third-order valence-corrected chi connectivity index (χ3v) is 1.60. The Hall–Kier alpha value is -1.31. The molecule has 2 heteroatoms. The Bertz CT molecular complexity index is 267. The van der Waals surface area contributed by atoms with E-state index >= 15 is 0 Å². The van der Waals surface area contributed by atoms with Gasteiger partial charge in [0, 0.05) is 0 Å². The minimum absolute atomic E-state index is 0.118. The van der Waals surface area contributed by atoms with Crippen molar-refractivity contribution < 1.29 is 9.90 Å². The molecule has 0 spiro atoms. The topological polar surface area (TPSA) is 37.3 Å². The highest BCUT2D eigenvalue weighted by atomic mass is 16.4. The van der Waals surface area contributed by atoms with Crippen LogP contribution >= 0.6 is 0 Å². The van der Waals surface area contributed by atoms with E-state index in [0.29, 0.717) is 0 Å². The monoisotopic (exact) mass is 180 g/mol. The second-order valence-electron chi connectivity index (χ2n) is 2.50. The van der Waals surface area contributed by atoms with Gasteiger partial charge in [0.25, 0.3) is 0 Å². The SMILES string of the molecule is CC.Cc1ccccc1CC(=O)O. The van der Waals surface area contributed by atoms with Gasteiger partial charge in [0.05, 0.1) is 6.42 Å². The molecule has 1 aromatic carbocycles. The predicted octanol–water partition coefficient (Wildman–Crippen LogP) is 2.65. The quantitative estimate of drug-likeness (QED) is 0.759. The molecule has 13 heavy (non-hydrogen) atoms. The highest BCUT2D eigenvalue weighted by Gasteiger charge is 2.01. The lowest BCUT2D eigenvalue weighted by molar-refractivity contribution is -0.136. The molecule has 1 rings (SSSR count). The van der Waals surface area contributed by atoms with E-state index < -0.39 is 5.97 Å². The van der Waals surface area contributed by atoms with Crippen molar-refractivity contribution in [1.82, 2.24) is 0 Å². The third kappa shape index (κ3) is 4.31. The van der Waals surface area contributed by atoms with Crippen molar-refractivity contribution in [3.05, 3.63) is 35.4 Å². The summed E-state index contributed by atoms with van der Waals surface area (Å²) in [6.07, 6.45) is 0.118. The fraction of sp³-hybridized carbons (Fsp3) is 0.364. The molecule has 0 heterocycles. The summed E-state index contributed by atoms with van der Waals surface area (Å²) in [5.41, 5.74) is 1.93. The molecule has 0 saturated carbocycles. The van der Waals surface area contributed by atoms with Crippen molar-refractivity contribution in [3.63, 3.8) is 0 Å². The lowest BCUT2D eigenvalue weighted by atomic mass is 10.1. The molecule has 2 nitrogen and oxygen atoms in total. The molecule has 0 aromatic heterocycles. The van der Waals surface area contributed by atoms with Gasteiger partial charge >= 0.3 is 5.97 Å². The third-order valence-electron chi connectivity index (χ3n) is 1.60. The van der Waals surface area contributed by atoms with Gasteiger partial charge in [-0.2, -0.15) is 0 Å². The maximum absolute atomic E-state index is 10.3. The number of carbonyl (C=O) groups is 1. The van der Waals surface area contributed by atoms with Gasteiger partial charge in [0.2, 0.25) is 0 Å². The largest absolute Gasteiger partial charge is 0.481 e. The molecule has 0 radical (unpaired) electrons. The van der Waals surface area contributed by atoms with Gasteiger partial charge in [-0.1, -0.05) is 38.1 Å². The van der Waals surface area contributed by atoms with Crippen LogP contribution in [0.1, 0.15) is 25.0 Å². The fourth-order valence-corrected chi connectivity index (χ4v) is 0.971. The second kappa shape index (κ2) is 6.23. The predicted molar refractivity (Wildman–Crippen MR) is 53.9 cm³/mol. The average molecular weight is 180 g/mol. The van der Waals surface area contributed by atoms with Crippen molar-refractivity contribution in [2.75, 3.05) is 0 Å². The highest BCUT2D eigenvalue weighted by Crippen LogP contribution is 2.06. The molecule has 0 atom stereocenters. The molecule has 72 valence electrons. The van der Waals surface area contributed by atoms with Crippen molar-refractivity contribution in [2.24, 2.45) is 0 Å². The van der Waals surface area contributed by atoms with E-state index in [1.807, 2.05) is 45.0 Å². The maximum Gasteiger partial charge on any atom is 0.307 e. The van der Waals surface area contributed by atoms with Gasteiger partial charge in [-0.3, -0.25) is 4.79 Å². The van der Waals surface area contributed by atoms with E-state index in [-0.39, 0.29) is 6.42 Å². The lowest BCUT2D eigenvalue weighted by Gasteiger charge is -1.99. The van der Waals surface area contributed by atoms with Crippen LogP contribution in [0, 0.1) is 6.92 Å². The molecule has 0 bridgehead atoms.